The summed E-state index contributed by atoms with van der Waals surface area (Å²) >= 11 is 0. The number of anilines is 1. The molecule has 16 heavy (non-hydrogen) atoms. The zero-order chi connectivity index (χ0) is 12.1. The number of hydrogen-bond acceptors (Lipinski definition) is 3. The normalized spacial score (nSPS) is 12.1. The van der Waals surface area contributed by atoms with E-state index in [1.807, 2.05) is 6.92 Å². The molecular weight excluding hydrogens is 210 g/mol. The van der Waals surface area contributed by atoms with E-state index in [1.54, 1.807) is 6.07 Å². The summed E-state index contributed by atoms with van der Waals surface area (Å²) in [5, 5.41) is 17.7. The number of carbonyl (C=O) groups is 2. The van der Waals surface area contributed by atoms with Gasteiger partial charge in [0.1, 0.15) is 5.92 Å². The Labute approximate surface area is 93.1 Å². The number of carboxylic acid groups (broad SMARTS) is 1. The molecule has 1 aromatic rings. The quantitative estimate of drug-likeness (QED) is 0.652. The topological polar surface area (TPSA) is 95.1 Å². The summed E-state index contributed by atoms with van der Waals surface area (Å²) in [6, 6.07) is 1.70. The molecule has 0 saturated heterocycles. The highest BCUT2D eigenvalue weighted by Crippen LogP contribution is 2.09. The molecule has 6 heteroatoms. The highest BCUT2D eigenvalue weighted by molar-refractivity contribution is 6.03. The van der Waals surface area contributed by atoms with Crippen molar-refractivity contribution in [3.05, 3.63) is 11.8 Å². The first-order valence-corrected chi connectivity index (χ1v) is 5.12. The molecule has 0 radical (unpaired) electrons. The Kier molecular flexibility index (Phi) is 4.04. The summed E-state index contributed by atoms with van der Waals surface area (Å²) in [6.45, 7) is 3.36. The Morgan fingerprint density at radius 3 is 2.88 bits per heavy atom. The molecule has 0 spiro atoms. The van der Waals surface area contributed by atoms with Crippen LogP contribution < -0.4 is 5.32 Å². The van der Waals surface area contributed by atoms with Crippen LogP contribution in [0.2, 0.25) is 0 Å². The lowest BCUT2D eigenvalue weighted by Gasteiger charge is -2.04. The Morgan fingerprint density at radius 1 is 1.62 bits per heavy atom. The van der Waals surface area contributed by atoms with Crippen molar-refractivity contribution < 1.29 is 14.7 Å². The Hall–Kier alpha value is -1.85. The number of rotatable bonds is 5. The molecule has 0 aliphatic heterocycles. The van der Waals surface area contributed by atoms with Gasteiger partial charge in [-0.05, 0) is 13.3 Å². The maximum atomic E-state index is 11.4. The number of aryl methyl sites for hydroxylation is 1. The maximum Gasteiger partial charge on any atom is 0.315 e. The van der Waals surface area contributed by atoms with Crippen LogP contribution in [-0.4, -0.2) is 27.2 Å². The third kappa shape index (κ3) is 3.08. The van der Waals surface area contributed by atoms with Gasteiger partial charge in [-0.3, -0.25) is 14.7 Å². The lowest BCUT2D eigenvalue weighted by Crippen LogP contribution is -2.26. The first-order chi connectivity index (χ1) is 7.54. The van der Waals surface area contributed by atoms with Crippen molar-refractivity contribution in [3.63, 3.8) is 0 Å². The van der Waals surface area contributed by atoms with E-state index in [2.05, 4.69) is 15.5 Å². The molecule has 1 heterocycles. The summed E-state index contributed by atoms with van der Waals surface area (Å²) in [4.78, 5) is 21.9. The zero-order valence-corrected chi connectivity index (χ0v) is 9.28. The van der Waals surface area contributed by atoms with Crippen LogP contribution >= 0.6 is 0 Å². The number of hydrogen-bond donors (Lipinski definition) is 3. The monoisotopic (exact) mass is 225 g/mol. The van der Waals surface area contributed by atoms with Crippen LogP contribution in [0.3, 0.4) is 0 Å². The van der Waals surface area contributed by atoms with Crippen LogP contribution in [0.4, 0.5) is 5.82 Å². The summed E-state index contributed by atoms with van der Waals surface area (Å²) in [7, 11) is 0. The SMILES string of the molecule is CCCc1cc(NC(=O)C(C)C(=O)O)n[nH]1. The van der Waals surface area contributed by atoms with E-state index in [0.717, 1.165) is 18.5 Å². The minimum absolute atomic E-state index is 0.363. The van der Waals surface area contributed by atoms with E-state index in [0.29, 0.717) is 5.82 Å². The molecule has 0 aliphatic carbocycles. The molecule has 0 bridgehead atoms. The summed E-state index contributed by atoms with van der Waals surface area (Å²) in [5.74, 6) is -2.43. The minimum atomic E-state index is -1.15. The molecule has 1 aromatic heterocycles. The van der Waals surface area contributed by atoms with Crippen LogP contribution in [0.25, 0.3) is 0 Å². The number of aromatic nitrogens is 2. The van der Waals surface area contributed by atoms with Gasteiger partial charge >= 0.3 is 5.97 Å². The largest absolute Gasteiger partial charge is 0.481 e. The van der Waals surface area contributed by atoms with Crippen molar-refractivity contribution >= 4 is 17.7 Å². The predicted molar refractivity (Wildman–Crippen MR) is 58.0 cm³/mol. The van der Waals surface area contributed by atoms with Gasteiger partial charge in [-0.15, -0.1) is 0 Å². The molecule has 6 nitrogen and oxygen atoms in total. The molecule has 3 N–H and O–H groups in total. The molecule has 1 unspecified atom stereocenters. The fourth-order valence-corrected chi connectivity index (χ4v) is 1.17. The Bertz CT molecular complexity index is 386. The van der Waals surface area contributed by atoms with E-state index in [9.17, 15) is 9.59 Å². The van der Waals surface area contributed by atoms with Gasteiger partial charge in [0.25, 0.3) is 0 Å². The number of H-pyrrole nitrogens is 1. The van der Waals surface area contributed by atoms with Crippen LogP contribution in [-0.2, 0) is 16.0 Å². The van der Waals surface area contributed by atoms with E-state index in [4.69, 9.17) is 5.11 Å². The van der Waals surface area contributed by atoms with Crippen molar-refractivity contribution in [3.8, 4) is 0 Å². The molecule has 1 rings (SSSR count). The second-order valence-corrected chi connectivity index (χ2v) is 3.58. The minimum Gasteiger partial charge on any atom is -0.481 e. The second kappa shape index (κ2) is 5.29. The number of nitrogens with one attached hydrogen (secondary N) is 2. The Balaban J connectivity index is 2.59. The highest BCUT2D eigenvalue weighted by atomic mass is 16.4. The average Bonchev–Trinajstić information content (AvgIpc) is 2.65. The number of aromatic amines is 1. The second-order valence-electron chi connectivity index (χ2n) is 3.58. The number of amides is 1. The molecule has 0 saturated carbocycles. The third-order valence-electron chi connectivity index (χ3n) is 2.17. The molecule has 0 aromatic carbocycles. The molecular formula is C10H15N3O3. The number of nitrogens with zero attached hydrogens (tertiary/aromatic N) is 1. The first kappa shape index (κ1) is 12.2. The van der Waals surface area contributed by atoms with E-state index in [-0.39, 0.29) is 0 Å². The maximum absolute atomic E-state index is 11.4. The van der Waals surface area contributed by atoms with Crippen LogP contribution in [0, 0.1) is 5.92 Å². The molecule has 0 fully saturated rings. The molecule has 0 aliphatic rings. The summed E-state index contributed by atoms with van der Waals surface area (Å²) in [5.41, 5.74) is 0.917. The average molecular weight is 225 g/mol. The smallest absolute Gasteiger partial charge is 0.315 e. The van der Waals surface area contributed by atoms with Gasteiger partial charge in [0.05, 0.1) is 0 Å². The fourth-order valence-electron chi connectivity index (χ4n) is 1.17. The van der Waals surface area contributed by atoms with Gasteiger partial charge < -0.3 is 10.4 Å². The zero-order valence-electron chi connectivity index (χ0n) is 9.28. The van der Waals surface area contributed by atoms with Gasteiger partial charge in [-0.25, -0.2) is 0 Å². The lowest BCUT2D eigenvalue weighted by atomic mass is 10.2. The predicted octanol–water partition coefficient (Wildman–Crippen LogP) is 1.02. The van der Waals surface area contributed by atoms with Gasteiger partial charge in [0.2, 0.25) is 5.91 Å². The number of carbonyl (C=O) groups excluding carboxylic acids is 1. The molecule has 1 amide bonds. The fraction of sp³-hybridized carbons (Fsp3) is 0.500. The van der Waals surface area contributed by atoms with Crippen molar-refractivity contribution in [1.29, 1.82) is 0 Å². The van der Waals surface area contributed by atoms with E-state index < -0.39 is 17.8 Å². The first-order valence-electron chi connectivity index (χ1n) is 5.12. The van der Waals surface area contributed by atoms with Crippen LogP contribution in [0.1, 0.15) is 26.0 Å². The van der Waals surface area contributed by atoms with Crippen LogP contribution in [0.15, 0.2) is 6.07 Å². The van der Waals surface area contributed by atoms with Crippen molar-refractivity contribution in [2.45, 2.75) is 26.7 Å². The summed E-state index contributed by atoms with van der Waals surface area (Å²) in [6.07, 6.45) is 1.82. The number of aliphatic carboxylic acids is 1. The van der Waals surface area contributed by atoms with Crippen LogP contribution in [0.5, 0.6) is 0 Å². The van der Waals surface area contributed by atoms with Gasteiger partial charge in [-0.2, -0.15) is 5.10 Å². The van der Waals surface area contributed by atoms with Gasteiger partial charge in [0.15, 0.2) is 5.82 Å². The lowest BCUT2D eigenvalue weighted by molar-refractivity contribution is -0.144. The number of carboxylic acids is 1. The van der Waals surface area contributed by atoms with E-state index in [1.165, 1.54) is 6.92 Å². The van der Waals surface area contributed by atoms with Crippen molar-refractivity contribution in [2.75, 3.05) is 5.32 Å². The van der Waals surface area contributed by atoms with Crippen molar-refractivity contribution in [1.82, 2.24) is 10.2 Å². The van der Waals surface area contributed by atoms with Gasteiger partial charge in [0, 0.05) is 11.8 Å². The Morgan fingerprint density at radius 2 is 2.31 bits per heavy atom. The molecule has 88 valence electrons. The van der Waals surface area contributed by atoms with Crippen molar-refractivity contribution in [2.24, 2.45) is 5.92 Å². The standard InChI is InChI=1S/C10H15N3O3/c1-3-4-7-5-8(13-12-7)11-9(14)6(2)10(15)16/h5-6H,3-4H2,1-2H3,(H,15,16)(H2,11,12,13,14). The highest BCUT2D eigenvalue weighted by Gasteiger charge is 2.21. The summed E-state index contributed by atoms with van der Waals surface area (Å²) < 4.78 is 0. The third-order valence-corrected chi connectivity index (χ3v) is 2.17. The van der Waals surface area contributed by atoms with E-state index >= 15 is 0 Å². The molecule has 1 atom stereocenters. The van der Waals surface area contributed by atoms with Gasteiger partial charge in [-0.1, -0.05) is 13.3 Å².